The third-order valence-corrected chi connectivity index (χ3v) is 5.95. The monoisotopic (exact) mass is 548 g/mol. The highest BCUT2D eigenvalue weighted by molar-refractivity contribution is 5.94. The molecule has 0 aliphatic rings. The van der Waals surface area contributed by atoms with E-state index in [-0.39, 0.29) is 31.3 Å². The summed E-state index contributed by atoms with van der Waals surface area (Å²) >= 11 is 0. The Morgan fingerprint density at radius 3 is 2.00 bits per heavy atom. The first-order chi connectivity index (χ1) is 18.1. The summed E-state index contributed by atoms with van der Waals surface area (Å²) in [5, 5.41) is 7.81. The number of amides is 4. The van der Waals surface area contributed by atoms with Crippen molar-refractivity contribution in [1.29, 1.82) is 0 Å². The summed E-state index contributed by atoms with van der Waals surface area (Å²) in [7, 11) is 0. The number of esters is 1. The molecule has 4 amide bonds. The zero-order chi connectivity index (χ0) is 29.8. The Kier molecular flexibility index (Phi) is 13.4. The van der Waals surface area contributed by atoms with E-state index in [1.807, 2.05) is 37.3 Å². The molecule has 11 heteroatoms. The van der Waals surface area contributed by atoms with Gasteiger partial charge in [0.2, 0.25) is 17.7 Å². The Morgan fingerprint density at radius 2 is 1.49 bits per heavy atom. The summed E-state index contributed by atoms with van der Waals surface area (Å²) in [4.78, 5) is 62.8. The first-order valence-corrected chi connectivity index (χ1v) is 13.2. The number of hydrogen-bond donors (Lipinski definition) is 4. The van der Waals surface area contributed by atoms with Gasteiger partial charge in [-0.2, -0.15) is 0 Å². The van der Waals surface area contributed by atoms with Crippen LogP contribution in [0.1, 0.15) is 73.3 Å². The number of nitrogens with two attached hydrogens (primary N) is 1. The quantitative estimate of drug-likeness (QED) is 0.259. The molecule has 0 saturated heterocycles. The van der Waals surface area contributed by atoms with E-state index < -0.39 is 53.5 Å². The van der Waals surface area contributed by atoms with Crippen LogP contribution in [0, 0.1) is 11.8 Å². The van der Waals surface area contributed by atoms with Crippen molar-refractivity contribution in [2.75, 3.05) is 0 Å². The van der Waals surface area contributed by atoms with E-state index in [2.05, 4.69) is 16.0 Å². The molecule has 0 bridgehead atoms. The molecule has 39 heavy (non-hydrogen) atoms. The topological polar surface area (TPSA) is 166 Å². The number of alkyl carbamates (subject to hydrolysis) is 1. The molecule has 5 N–H and O–H groups in total. The Labute approximate surface area is 230 Å². The zero-order valence-corrected chi connectivity index (χ0v) is 24.0. The Morgan fingerprint density at radius 1 is 0.897 bits per heavy atom. The second kappa shape index (κ2) is 15.7. The highest BCUT2D eigenvalue weighted by Gasteiger charge is 2.33. The predicted octanol–water partition coefficient (Wildman–Crippen LogP) is 2.56. The van der Waals surface area contributed by atoms with Crippen LogP contribution < -0.4 is 21.7 Å². The van der Waals surface area contributed by atoms with Crippen LogP contribution in [0.5, 0.6) is 0 Å². The molecule has 1 aromatic carbocycles. The van der Waals surface area contributed by atoms with Crippen molar-refractivity contribution in [3.63, 3.8) is 0 Å². The second-order valence-corrected chi connectivity index (χ2v) is 10.9. The summed E-state index contributed by atoms with van der Waals surface area (Å²) in [6, 6.07) is 5.99. The van der Waals surface area contributed by atoms with Crippen molar-refractivity contribution in [3.05, 3.63) is 35.9 Å². The van der Waals surface area contributed by atoms with Crippen LogP contribution >= 0.6 is 0 Å². The molecular formula is C28H44N4O7. The number of carbonyl (C=O) groups excluding carboxylic acids is 5. The van der Waals surface area contributed by atoms with Crippen molar-refractivity contribution in [3.8, 4) is 0 Å². The minimum Gasteiger partial charge on any atom is -0.461 e. The summed E-state index contributed by atoms with van der Waals surface area (Å²) < 4.78 is 10.5. The maximum Gasteiger partial charge on any atom is 0.408 e. The Bertz CT molecular complexity index is 976. The van der Waals surface area contributed by atoms with Crippen molar-refractivity contribution >= 4 is 29.8 Å². The minimum absolute atomic E-state index is 0.0663. The number of primary amides is 1. The highest BCUT2D eigenvalue weighted by atomic mass is 16.6. The van der Waals surface area contributed by atoms with Gasteiger partial charge in [0.25, 0.3) is 0 Å². The van der Waals surface area contributed by atoms with Gasteiger partial charge in [-0.1, -0.05) is 64.4 Å². The third kappa shape index (κ3) is 12.6. The molecule has 11 nitrogen and oxygen atoms in total. The average Bonchev–Trinajstić information content (AvgIpc) is 2.85. The normalized spacial score (nSPS) is 14.4. The number of carbonyl (C=O) groups is 5. The highest BCUT2D eigenvalue weighted by Crippen LogP contribution is 2.13. The van der Waals surface area contributed by atoms with Crippen LogP contribution in [0.3, 0.4) is 0 Å². The van der Waals surface area contributed by atoms with Gasteiger partial charge in [-0.3, -0.25) is 19.2 Å². The van der Waals surface area contributed by atoms with Crippen molar-refractivity contribution in [2.24, 2.45) is 17.6 Å². The molecule has 0 aromatic heterocycles. The average molecular weight is 549 g/mol. The molecule has 0 spiro atoms. The number of benzene rings is 1. The largest absolute Gasteiger partial charge is 0.461 e. The van der Waals surface area contributed by atoms with E-state index in [1.54, 1.807) is 41.5 Å². The molecule has 0 heterocycles. The molecular weight excluding hydrogens is 504 g/mol. The number of ether oxygens (including phenoxy) is 2. The SMILES string of the molecule is CC[C@H](C)[C@@H](NC(=O)OC(C)(C)C)C(=O)N[C@H](C(=O)N[C@@H](CCC(=O)OCc1ccccc1)C(N)=O)C(C)C. The van der Waals surface area contributed by atoms with Crippen LogP contribution in [0.2, 0.25) is 0 Å². The third-order valence-electron chi connectivity index (χ3n) is 5.95. The van der Waals surface area contributed by atoms with Gasteiger partial charge in [0.15, 0.2) is 0 Å². The van der Waals surface area contributed by atoms with E-state index >= 15 is 0 Å². The van der Waals surface area contributed by atoms with Gasteiger partial charge in [0.05, 0.1) is 0 Å². The Balaban J connectivity index is 2.82. The predicted molar refractivity (Wildman–Crippen MR) is 146 cm³/mol. The van der Waals surface area contributed by atoms with E-state index in [9.17, 15) is 24.0 Å². The lowest BCUT2D eigenvalue weighted by atomic mass is 9.96. The zero-order valence-electron chi connectivity index (χ0n) is 24.0. The summed E-state index contributed by atoms with van der Waals surface area (Å²) in [5.74, 6) is -3.19. The fourth-order valence-electron chi connectivity index (χ4n) is 3.53. The fourth-order valence-corrected chi connectivity index (χ4v) is 3.53. The van der Waals surface area contributed by atoms with Gasteiger partial charge in [-0.15, -0.1) is 0 Å². The standard InChI is InChI=1S/C28H44N4O7/c1-8-18(4)23(32-27(37)39-28(5,6)7)26(36)31-22(17(2)3)25(35)30-20(24(29)34)14-15-21(33)38-16-19-12-10-9-11-13-19/h9-13,17-18,20,22-23H,8,14-16H2,1-7H3,(H2,29,34)(H,30,35)(H,31,36)(H,32,37)/t18-,20-,22-,23+/m0/s1. The van der Waals surface area contributed by atoms with Crippen molar-refractivity contribution < 1.29 is 33.4 Å². The van der Waals surface area contributed by atoms with Crippen LogP contribution in [-0.4, -0.2) is 53.5 Å². The minimum atomic E-state index is -1.15. The molecule has 1 rings (SSSR count). The molecule has 0 saturated carbocycles. The molecule has 218 valence electrons. The first kappa shape index (κ1) is 33.4. The van der Waals surface area contributed by atoms with E-state index in [0.717, 1.165) is 5.56 Å². The smallest absolute Gasteiger partial charge is 0.408 e. The van der Waals surface area contributed by atoms with Gasteiger partial charge in [-0.05, 0) is 44.6 Å². The van der Waals surface area contributed by atoms with E-state index in [4.69, 9.17) is 15.2 Å². The van der Waals surface area contributed by atoms with Crippen molar-refractivity contribution in [2.45, 2.75) is 98.1 Å². The van der Waals surface area contributed by atoms with E-state index in [1.165, 1.54) is 0 Å². The summed E-state index contributed by atoms with van der Waals surface area (Å²) in [5.41, 5.74) is 5.54. The van der Waals surface area contributed by atoms with Gasteiger partial charge < -0.3 is 31.2 Å². The molecule has 0 unspecified atom stereocenters. The lowest BCUT2D eigenvalue weighted by molar-refractivity contribution is -0.145. The molecule has 0 aliphatic heterocycles. The van der Waals surface area contributed by atoms with Crippen LogP contribution in [0.25, 0.3) is 0 Å². The maximum absolute atomic E-state index is 13.2. The number of rotatable bonds is 14. The summed E-state index contributed by atoms with van der Waals surface area (Å²) in [6.07, 6.45) is -0.379. The number of nitrogens with one attached hydrogen (secondary N) is 3. The lowest BCUT2D eigenvalue weighted by Gasteiger charge is -2.29. The summed E-state index contributed by atoms with van der Waals surface area (Å²) in [6.45, 7) is 12.3. The number of hydrogen-bond acceptors (Lipinski definition) is 7. The van der Waals surface area contributed by atoms with Gasteiger partial charge in [0.1, 0.15) is 30.3 Å². The molecule has 0 radical (unpaired) electrons. The van der Waals surface area contributed by atoms with Crippen molar-refractivity contribution in [1.82, 2.24) is 16.0 Å². The lowest BCUT2D eigenvalue weighted by Crippen LogP contribution is -2.59. The van der Waals surface area contributed by atoms with Crippen LogP contribution in [-0.2, 0) is 35.3 Å². The van der Waals surface area contributed by atoms with Crippen LogP contribution in [0.15, 0.2) is 30.3 Å². The molecule has 0 fully saturated rings. The second-order valence-electron chi connectivity index (χ2n) is 10.9. The van der Waals surface area contributed by atoms with Gasteiger partial charge in [0, 0.05) is 6.42 Å². The van der Waals surface area contributed by atoms with E-state index in [0.29, 0.717) is 6.42 Å². The van der Waals surface area contributed by atoms with Gasteiger partial charge in [-0.25, -0.2) is 4.79 Å². The van der Waals surface area contributed by atoms with Crippen LogP contribution in [0.4, 0.5) is 4.79 Å². The molecule has 4 atom stereocenters. The Hall–Kier alpha value is -3.63. The maximum atomic E-state index is 13.2. The fraction of sp³-hybridized carbons (Fsp3) is 0.607. The molecule has 0 aliphatic carbocycles. The van der Waals surface area contributed by atoms with Gasteiger partial charge >= 0.3 is 12.1 Å². The molecule has 1 aromatic rings. The first-order valence-electron chi connectivity index (χ1n) is 13.2.